The molecule has 1 fully saturated rings. The van der Waals surface area contributed by atoms with Crippen molar-refractivity contribution in [1.29, 1.82) is 0 Å². The molecule has 0 aliphatic carbocycles. The Bertz CT molecular complexity index is 372. The Morgan fingerprint density at radius 2 is 2.41 bits per heavy atom. The van der Waals surface area contributed by atoms with Crippen LogP contribution >= 0.6 is 15.9 Å². The molecule has 94 valence electrons. The Hall–Kier alpha value is -0.420. The summed E-state index contributed by atoms with van der Waals surface area (Å²) in [5, 5.41) is 9.20. The highest BCUT2D eigenvalue weighted by atomic mass is 79.9. The van der Waals surface area contributed by atoms with Gasteiger partial charge in [0.1, 0.15) is 0 Å². The van der Waals surface area contributed by atoms with Gasteiger partial charge in [-0.05, 0) is 24.6 Å². The maximum Gasteiger partial charge on any atom is 0.0952 e. The number of hydrogen-bond acceptors (Lipinski definition) is 3. The quantitative estimate of drug-likeness (QED) is 0.929. The average molecular weight is 300 g/mol. The van der Waals surface area contributed by atoms with E-state index in [1.54, 1.807) is 0 Å². The summed E-state index contributed by atoms with van der Waals surface area (Å²) in [4.78, 5) is 2.27. The van der Waals surface area contributed by atoms with Crippen LogP contribution in [-0.2, 0) is 4.74 Å². The first kappa shape index (κ1) is 13.0. The third-order valence-electron chi connectivity index (χ3n) is 3.21. The van der Waals surface area contributed by atoms with E-state index in [1.807, 2.05) is 19.1 Å². The zero-order chi connectivity index (χ0) is 12.3. The molecule has 2 rings (SSSR count). The monoisotopic (exact) mass is 299 g/mol. The predicted octanol–water partition coefficient (Wildman–Crippen LogP) is 2.20. The first-order valence-corrected chi connectivity index (χ1v) is 6.72. The highest BCUT2D eigenvalue weighted by Crippen LogP contribution is 2.25. The molecule has 0 radical (unpaired) electrons. The van der Waals surface area contributed by atoms with Gasteiger partial charge in [-0.1, -0.05) is 28.1 Å². The number of hydrogen-bond donors (Lipinski definition) is 1. The van der Waals surface area contributed by atoms with Crippen molar-refractivity contribution in [2.75, 3.05) is 26.3 Å². The molecular weight excluding hydrogens is 282 g/mol. The van der Waals surface area contributed by atoms with Crippen LogP contribution in [0.5, 0.6) is 0 Å². The lowest BCUT2D eigenvalue weighted by Crippen LogP contribution is -2.44. The summed E-state index contributed by atoms with van der Waals surface area (Å²) in [7, 11) is 0. The van der Waals surface area contributed by atoms with Gasteiger partial charge in [0.05, 0.1) is 19.3 Å². The highest BCUT2D eigenvalue weighted by Gasteiger charge is 2.24. The molecule has 0 saturated carbocycles. The number of aliphatic hydroxyl groups excluding tert-OH is 1. The van der Waals surface area contributed by atoms with Crippen LogP contribution in [-0.4, -0.2) is 42.4 Å². The van der Waals surface area contributed by atoms with Crippen molar-refractivity contribution < 1.29 is 9.84 Å². The molecule has 3 nitrogen and oxygen atoms in total. The van der Waals surface area contributed by atoms with E-state index in [9.17, 15) is 5.11 Å². The molecule has 1 heterocycles. The molecule has 1 aliphatic rings. The van der Waals surface area contributed by atoms with E-state index in [1.165, 1.54) is 5.56 Å². The average Bonchev–Trinajstić information content (AvgIpc) is 2.38. The molecule has 0 spiro atoms. The zero-order valence-corrected chi connectivity index (χ0v) is 11.6. The number of halogens is 1. The third-order valence-corrected chi connectivity index (χ3v) is 3.70. The van der Waals surface area contributed by atoms with Gasteiger partial charge >= 0.3 is 0 Å². The van der Waals surface area contributed by atoms with Crippen molar-refractivity contribution in [2.24, 2.45) is 0 Å². The van der Waals surface area contributed by atoms with Gasteiger partial charge in [-0.25, -0.2) is 0 Å². The maximum absolute atomic E-state index is 9.20. The van der Waals surface area contributed by atoms with Gasteiger partial charge in [0.2, 0.25) is 0 Å². The van der Waals surface area contributed by atoms with Crippen LogP contribution in [0, 0.1) is 0 Å². The van der Waals surface area contributed by atoms with E-state index in [0.717, 1.165) is 24.2 Å². The van der Waals surface area contributed by atoms with Crippen molar-refractivity contribution in [3.8, 4) is 0 Å². The van der Waals surface area contributed by atoms with E-state index < -0.39 is 0 Å². The SMILES string of the molecule is CC(CO)N1CCOC(c2cccc(Br)c2)C1. The van der Waals surface area contributed by atoms with E-state index in [-0.39, 0.29) is 18.8 Å². The first-order chi connectivity index (χ1) is 8.20. The van der Waals surface area contributed by atoms with Crippen molar-refractivity contribution in [3.63, 3.8) is 0 Å². The van der Waals surface area contributed by atoms with E-state index >= 15 is 0 Å². The molecule has 17 heavy (non-hydrogen) atoms. The summed E-state index contributed by atoms with van der Waals surface area (Å²) in [6.45, 7) is 4.71. The lowest BCUT2D eigenvalue weighted by Gasteiger charge is -2.36. The molecule has 1 saturated heterocycles. The van der Waals surface area contributed by atoms with Crippen LogP contribution in [0.2, 0.25) is 0 Å². The van der Waals surface area contributed by atoms with E-state index in [4.69, 9.17) is 4.74 Å². The summed E-state index contributed by atoms with van der Waals surface area (Å²) >= 11 is 3.48. The van der Waals surface area contributed by atoms with Gasteiger partial charge in [0, 0.05) is 23.6 Å². The molecular formula is C13H18BrNO2. The molecule has 1 aromatic rings. The molecule has 2 atom stereocenters. The minimum Gasteiger partial charge on any atom is -0.395 e. The fourth-order valence-electron chi connectivity index (χ4n) is 2.09. The van der Waals surface area contributed by atoms with Crippen LogP contribution in [0.1, 0.15) is 18.6 Å². The van der Waals surface area contributed by atoms with Gasteiger partial charge in [0.25, 0.3) is 0 Å². The smallest absolute Gasteiger partial charge is 0.0952 e. The summed E-state index contributed by atoms with van der Waals surface area (Å²) in [5.74, 6) is 0. The van der Waals surface area contributed by atoms with Gasteiger partial charge in [0.15, 0.2) is 0 Å². The molecule has 4 heteroatoms. The van der Waals surface area contributed by atoms with Gasteiger partial charge in [-0.2, -0.15) is 0 Å². The number of ether oxygens (including phenoxy) is 1. The van der Waals surface area contributed by atoms with Crippen molar-refractivity contribution in [2.45, 2.75) is 19.1 Å². The Balaban J connectivity index is 2.07. The Morgan fingerprint density at radius 3 is 3.12 bits per heavy atom. The Kier molecular flexibility index (Phi) is 4.56. The summed E-state index contributed by atoms with van der Waals surface area (Å²) in [6, 6.07) is 8.42. The number of nitrogens with zero attached hydrogens (tertiary/aromatic N) is 1. The highest BCUT2D eigenvalue weighted by molar-refractivity contribution is 9.10. The van der Waals surface area contributed by atoms with Gasteiger partial charge < -0.3 is 9.84 Å². The third kappa shape index (κ3) is 3.28. The molecule has 1 aliphatic heterocycles. The van der Waals surface area contributed by atoms with Crippen molar-refractivity contribution >= 4 is 15.9 Å². The van der Waals surface area contributed by atoms with Crippen LogP contribution < -0.4 is 0 Å². The number of aliphatic hydroxyl groups is 1. The van der Waals surface area contributed by atoms with Crippen molar-refractivity contribution in [1.82, 2.24) is 4.90 Å². The number of rotatable bonds is 3. The number of morpholine rings is 1. The lowest BCUT2D eigenvalue weighted by atomic mass is 10.1. The first-order valence-electron chi connectivity index (χ1n) is 5.92. The van der Waals surface area contributed by atoms with Crippen LogP contribution in [0.25, 0.3) is 0 Å². The van der Waals surface area contributed by atoms with Gasteiger partial charge in [-0.3, -0.25) is 4.90 Å². The normalized spacial score (nSPS) is 23.6. The standard InChI is InChI=1S/C13H18BrNO2/c1-10(9-16)15-5-6-17-13(8-15)11-3-2-4-12(14)7-11/h2-4,7,10,13,16H,5-6,8-9H2,1H3. The Labute approximate surface area is 111 Å². The molecule has 1 aromatic carbocycles. The van der Waals surface area contributed by atoms with Crippen LogP contribution in [0.3, 0.4) is 0 Å². The van der Waals surface area contributed by atoms with E-state index in [2.05, 4.69) is 33.0 Å². The second-order valence-corrected chi connectivity index (χ2v) is 5.36. The fourth-order valence-corrected chi connectivity index (χ4v) is 2.51. The summed E-state index contributed by atoms with van der Waals surface area (Å²) < 4.78 is 6.87. The summed E-state index contributed by atoms with van der Waals surface area (Å²) in [5.41, 5.74) is 1.19. The minimum absolute atomic E-state index is 0.107. The molecule has 2 unspecified atom stereocenters. The topological polar surface area (TPSA) is 32.7 Å². The predicted molar refractivity (Wildman–Crippen MR) is 71.0 cm³/mol. The van der Waals surface area contributed by atoms with E-state index in [0.29, 0.717) is 0 Å². The molecule has 0 aromatic heterocycles. The van der Waals surface area contributed by atoms with Crippen LogP contribution in [0.4, 0.5) is 0 Å². The van der Waals surface area contributed by atoms with Crippen molar-refractivity contribution in [3.05, 3.63) is 34.3 Å². The minimum atomic E-state index is 0.107. The van der Waals surface area contributed by atoms with Gasteiger partial charge in [-0.15, -0.1) is 0 Å². The second kappa shape index (κ2) is 5.96. The largest absolute Gasteiger partial charge is 0.395 e. The fraction of sp³-hybridized carbons (Fsp3) is 0.538. The maximum atomic E-state index is 9.20. The molecule has 1 N–H and O–H groups in total. The lowest BCUT2D eigenvalue weighted by molar-refractivity contribution is -0.0492. The second-order valence-electron chi connectivity index (χ2n) is 4.44. The summed E-state index contributed by atoms with van der Waals surface area (Å²) in [6.07, 6.45) is 0.107. The zero-order valence-electron chi connectivity index (χ0n) is 9.97. The molecule has 0 bridgehead atoms. The number of benzene rings is 1. The van der Waals surface area contributed by atoms with Crippen LogP contribution in [0.15, 0.2) is 28.7 Å². The molecule has 0 amide bonds. The Morgan fingerprint density at radius 1 is 1.59 bits per heavy atom.